The van der Waals surface area contributed by atoms with Crippen LogP contribution >= 0.6 is 19.9 Å². The van der Waals surface area contributed by atoms with E-state index in [1.807, 2.05) is 36.4 Å². The smallest absolute Gasteiger partial charge is 0.174 e. The molecule has 0 amide bonds. The lowest BCUT2D eigenvalue weighted by Gasteiger charge is -2.17. The van der Waals surface area contributed by atoms with Crippen molar-refractivity contribution in [1.82, 2.24) is 4.83 Å². The zero-order chi connectivity index (χ0) is 17.4. The summed E-state index contributed by atoms with van der Waals surface area (Å²) in [4.78, 5) is 8.08. The summed E-state index contributed by atoms with van der Waals surface area (Å²) in [5.74, 6) is 2.01. The summed E-state index contributed by atoms with van der Waals surface area (Å²) in [6.07, 6.45) is 2.06. The Balaban J connectivity index is 1.49. The molecular weight excluding hydrogens is 357 g/mol. The number of rotatable bonds is 4. The standard InChI is InChI=1S/C19H21ClNO3P/c1-14(2)19-12-3-13-22-25(21(19)24-19)18-10-8-17(9-11-18)23-16-6-4-15(20)5-7-16/h4-11,14H,3,12-13H2,1-2H3. The fourth-order valence-corrected chi connectivity index (χ4v) is 5.21. The van der Waals surface area contributed by atoms with Gasteiger partial charge in [-0.25, -0.2) is 0 Å². The fourth-order valence-electron chi connectivity index (χ4n) is 3.07. The third kappa shape index (κ3) is 3.42. The molecule has 132 valence electrons. The number of hydroxylamine groups is 1. The molecule has 4 rings (SSSR count). The van der Waals surface area contributed by atoms with E-state index in [2.05, 4.69) is 30.8 Å². The minimum absolute atomic E-state index is 0.138. The van der Waals surface area contributed by atoms with Crippen LogP contribution in [0.4, 0.5) is 0 Å². The predicted octanol–water partition coefficient (Wildman–Crippen LogP) is 5.48. The zero-order valence-electron chi connectivity index (χ0n) is 14.3. The summed E-state index contributed by atoms with van der Waals surface area (Å²) in [5.41, 5.74) is -0.138. The van der Waals surface area contributed by atoms with Gasteiger partial charge in [-0.15, -0.1) is 4.83 Å². The topological polar surface area (TPSA) is 34.0 Å². The van der Waals surface area contributed by atoms with Gasteiger partial charge in [0.1, 0.15) is 11.5 Å². The second-order valence-corrected chi connectivity index (χ2v) is 8.74. The summed E-state index contributed by atoms with van der Waals surface area (Å²) in [5, 5.41) is 1.84. The van der Waals surface area contributed by atoms with Gasteiger partial charge in [0, 0.05) is 16.2 Å². The second-order valence-electron chi connectivity index (χ2n) is 6.62. The number of halogens is 1. The molecule has 0 saturated carbocycles. The highest BCUT2D eigenvalue weighted by atomic mass is 35.5. The highest BCUT2D eigenvalue weighted by Crippen LogP contribution is 2.62. The molecule has 2 aromatic carbocycles. The van der Waals surface area contributed by atoms with E-state index in [1.54, 1.807) is 0 Å². The van der Waals surface area contributed by atoms with E-state index in [-0.39, 0.29) is 5.72 Å². The van der Waals surface area contributed by atoms with Gasteiger partial charge in [0.15, 0.2) is 14.0 Å². The molecule has 25 heavy (non-hydrogen) atoms. The van der Waals surface area contributed by atoms with Crippen molar-refractivity contribution in [2.45, 2.75) is 32.4 Å². The van der Waals surface area contributed by atoms with Crippen LogP contribution in [0, 0.1) is 5.92 Å². The Morgan fingerprint density at radius 3 is 2.36 bits per heavy atom. The molecule has 0 spiro atoms. The van der Waals surface area contributed by atoms with Crippen molar-refractivity contribution >= 4 is 25.2 Å². The van der Waals surface area contributed by atoms with E-state index in [1.165, 1.54) is 0 Å². The van der Waals surface area contributed by atoms with Crippen molar-refractivity contribution in [3.63, 3.8) is 0 Å². The van der Waals surface area contributed by atoms with Gasteiger partial charge in [-0.2, -0.15) is 0 Å². The Morgan fingerprint density at radius 1 is 1.08 bits per heavy atom. The maximum Gasteiger partial charge on any atom is 0.174 e. The number of ether oxygens (including phenoxy) is 1. The van der Waals surface area contributed by atoms with Crippen LogP contribution < -0.4 is 10.0 Å². The van der Waals surface area contributed by atoms with E-state index in [0.29, 0.717) is 10.9 Å². The summed E-state index contributed by atoms with van der Waals surface area (Å²) < 4.78 is 12.0. The summed E-state index contributed by atoms with van der Waals surface area (Å²) >= 11 is 5.90. The van der Waals surface area contributed by atoms with Crippen molar-refractivity contribution < 1.29 is 14.1 Å². The van der Waals surface area contributed by atoms with Crippen LogP contribution in [0.5, 0.6) is 11.5 Å². The average molecular weight is 378 g/mol. The molecule has 4 nitrogen and oxygen atoms in total. The van der Waals surface area contributed by atoms with Gasteiger partial charge >= 0.3 is 0 Å². The second kappa shape index (κ2) is 6.86. The Bertz CT molecular complexity index is 737. The number of fused-ring (bicyclic) bond motifs is 1. The van der Waals surface area contributed by atoms with Crippen molar-refractivity contribution in [2.24, 2.45) is 5.92 Å². The van der Waals surface area contributed by atoms with E-state index < -0.39 is 8.30 Å². The third-order valence-corrected chi connectivity index (χ3v) is 6.77. The summed E-state index contributed by atoms with van der Waals surface area (Å²) in [6, 6.07) is 15.4. The van der Waals surface area contributed by atoms with Gasteiger partial charge in [-0.3, -0.25) is 4.84 Å². The van der Waals surface area contributed by atoms with Crippen molar-refractivity contribution in [3.8, 4) is 11.5 Å². The van der Waals surface area contributed by atoms with Crippen LogP contribution in [0.15, 0.2) is 48.5 Å². The molecule has 0 bridgehead atoms. The van der Waals surface area contributed by atoms with Gasteiger partial charge in [0.2, 0.25) is 0 Å². The maximum absolute atomic E-state index is 6.10. The third-order valence-electron chi connectivity index (χ3n) is 4.60. The zero-order valence-corrected chi connectivity index (χ0v) is 16.0. The van der Waals surface area contributed by atoms with Crippen LogP contribution in [0.25, 0.3) is 0 Å². The van der Waals surface area contributed by atoms with Gasteiger partial charge in [0.05, 0.1) is 6.61 Å². The first-order valence-corrected chi connectivity index (χ1v) is 10.1. The predicted molar refractivity (Wildman–Crippen MR) is 100 cm³/mol. The van der Waals surface area contributed by atoms with Gasteiger partial charge in [-0.05, 0) is 61.4 Å². The molecule has 6 heteroatoms. The molecule has 2 aliphatic heterocycles. The number of hydrogen-bond acceptors (Lipinski definition) is 4. The van der Waals surface area contributed by atoms with Crippen molar-refractivity contribution in [2.75, 3.05) is 6.61 Å². The summed E-state index contributed by atoms with van der Waals surface area (Å²) in [7, 11) is -0.899. The highest BCUT2D eigenvalue weighted by molar-refractivity contribution is 7.58. The minimum Gasteiger partial charge on any atom is -0.457 e. The van der Waals surface area contributed by atoms with E-state index in [9.17, 15) is 0 Å². The van der Waals surface area contributed by atoms with Gasteiger partial charge < -0.3 is 9.26 Å². The Labute approximate surface area is 154 Å². The molecule has 3 unspecified atom stereocenters. The fraction of sp³-hybridized carbons (Fsp3) is 0.368. The van der Waals surface area contributed by atoms with Crippen LogP contribution in [0.3, 0.4) is 0 Å². The highest BCUT2D eigenvalue weighted by Gasteiger charge is 2.62. The van der Waals surface area contributed by atoms with E-state index in [4.69, 9.17) is 25.7 Å². The van der Waals surface area contributed by atoms with E-state index in [0.717, 1.165) is 36.3 Å². The molecule has 2 aliphatic rings. The normalized spacial score (nSPS) is 28.3. The average Bonchev–Trinajstić information content (AvgIpc) is 3.35. The maximum atomic E-state index is 6.10. The minimum atomic E-state index is -0.899. The summed E-state index contributed by atoms with van der Waals surface area (Å²) in [6.45, 7) is 5.20. The lowest BCUT2D eigenvalue weighted by atomic mass is 9.98. The van der Waals surface area contributed by atoms with Gasteiger partial charge in [-0.1, -0.05) is 25.4 Å². The Kier molecular flexibility index (Phi) is 4.74. The molecule has 2 heterocycles. The molecule has 3 atom stereocenters. The lowest BCUT2D eigenvalue weighted by molar-refractivity contribution is 0.185. The number of nitrogens with zero attached hydrogens (tertiary/aromatic N) is 1. The Hall–Kier alpha value is -1.16. The molecule has 2 aromatic rings. The largest absolute Gasteiger partial charge is 0.457 e. The molecular formula is C19H21ClNO3P. The van der Waals surface area contributed by atoms with E-state index >= 15 is 0 Å². The molecule has 0 aliphatic carbocycles. The van der Waals surface area contributed by atoms with Crippen LogP contribution in [-0.4, -0.2) is 17.2 Å². The SMILES string of the molecule is CC(C)C12CCCOP(c3ccc(Oc4ccc(Cl)cc4)cc3)N1O2. The number of hydrogen-bond donors (Lipinski definition) is 0. The van der Waals surface area contributed by atoms with Gasteiger partial charge in [0.25, 0.3) is 0 Å². The van der Waals surface area contributed by atoms with Crippen LogP contribution in [-0.2, 0) is 9.36 Å². The molecule has 0 aromatic heterocycles. The molecule has 0 N–H and O–H groups in total. The van der Waals surface area contributed by atoms with Crippen LogP contribution in [0.2, 0.25) is 5.02 Å². The molecule has 2 saturated heterocycles. The molecule has 0 radical (unpaired) electrons. The first-order chi connectivity index (χ1) is 12.1. The quantitative estimate of drug-likeness (QED) is 0.522. The first kappa shape index (κ1) is 17.3. The van der Waals surface area contributed by atoms with Crippen molar-refractivity contribution in [3.05, 3.63) is 53.6 Å². The van der Waals surface area contributed by atoms with Crippen molar-refractivity contribution in [1.29, 1.82) is 0 Å². The first-order valence-electron chi connectivity index (χ1n) is 8.54. The lowest BCUT2D eigenvalue weighted by Crippen LogP contribution is -2.23. The monoisotopic (exact) mass is 377 g/mol. The molecule has 2 fully saturated rings. The Morgan fingerprint density at radius 2 is 1.72 bits per heavy atom. The van der Waals surface area contributed by atoms with Crippen LogP contribution in [0.1, 0.15) is 26.7 Å². The number of benzene rings is 2.